The molecule has 0 radical (unpaired) electrons. The van der Waals surface area contributed by atoms with Gasteiger partial charge in [0.05, 0.1) is 12.1 Å². The minimum absolute atomic E-state index is 0.209. The van der Waals surface area contributed by atoms with E-state index in [1.165, 1.54) is 6.92 Å². The van der Waals surface area contributed by atoms with Crippen LogP contribution in [0.3, 0.4) is 0 Å². The van der Waals surface area contributed by atoms with Gasteiger partial charge in [0.15, 0.2) is 0 Å². The van der Waals surface area contributed by atoms with Crippen molar-refractivity contribution < 1.29 is 44.1 Å². The second-order valence-electron chi connectivity index (χ2n) is 6.91. The Hall–Kier alpha value is -2.91. The quantitative estimate of drug-likeness (QED) is 0.104. The summed E-state index contributed by atoms with van der Waals surface area (Å²) in [4.78, 5) is 69.6. The highest BCUT2D eigenvalue weighted by Crippen LogP contribution is 2.02. The molecule has 0 bridgehead atoms. The lowest BCUT2D eigenvalue weighted by Crippen LogP contribution is -2.60. The van der Waals surface area contributed by atoms with Gasteiger partial charge < -0.3 is 42.7 Å². The first-order chi connectivity index (χ1) is 14.8. The summed E-state index contributed by atoms with van der Waals surface area (Å²) in [5, 5.41) is 34.2. The van der Waals surface area contributed by atoms with Gasteiger partial charge in [0.25, 0.3) is 0 Å². The molecule has 0 aliphatic heterocycles. The average molecular weight is 480 g/mol. The van der Waals surface area contributed by atoms with Crippen LogP contribution in [0.25, 0.3) is 0 Å². The lowest BCUT2D eigenvalue weighted by atomic mass is 10.1. The molecule has 5 atom stereocenters. The highest BCUT2D eigenvalue weighted by Gasteiger charge is 2.32. The van der Waals surface area contributed by atoms with Gasteiger partial charge in [0.1, 0.15) is 18.1 Å². The monoisotopic (exact) mass is 479 g/mol. The number of thiol groups is 1. The molecule has 0 saturated heterocycles. The number of aliphatic carboxylic acids is 2. The fraction of sp³-hybridized carbons (Fsp3) is 0.647. The molecule has 5 unspecified atom stereocenters. The van der Waals surface area contributed by atoms with E-state index in [1.54, 1.807) is 0 Å². The number of primary amides is 1. The van der Waals surface area contributed by atoms with Crippen molar-refractivity contribution in [1.29, 1.82) is 0 Å². The Morgan fingerprint density at radius 3 is 1.88 bits per heavy atom. The fourth-order valence-corrected chi connectivity index (χ4v) is 2.60. The first-order valence-electron chi connectivity index (χ1n) is 9.48. The van der Waals surface area contributed by atoms with Crippen molar-refractivity contribution in [2.75, 3.05) is 5.75 Å². The maximum atomic E-state index is 12.5. The van der Waals surface area contributed by atoms with Crippen LogP contribution in [0, 0.1) is 0 Å². The molecule has 0 aliphatic carbocycles. The van der Waals surface area contributed by atoms with Crippen LogP contribution in [0.2, 0.25) is 0 Å². The van der Waals surface area contributed by atoms with Crippen LogP contribution in [0.1, 0.15) is 32.6 Å². The van der Waals surface area contributed by atoms with Crippen molar-refractivity contribution in [3.63, 3.8) is 0 Å². The number of amides is 4. The number of nitrogens with one attached hydrogen (secondary N) is 3. The van der Waals surface area contributed by atoms with E-state index in [0.717, 1.165) is 0 Å². The third-order valence-corrected chi connectivity index (χ3v) is 4.54. The number of carbonyl (C=O) groups is 6. The van der Waals surface area contributed by atoms with Gasteiger partial charge in [-0.15, -0.1) is 0 Å². The number of carbonyl (C=O) groups excluding carboxylic acids is 4. The summed E-state index contributed by atoms with van der Waals surface area (Å²) in [6.07, 6.45) is -2.59. The molecule has 0 saturated carbocycles. The summed E-state index contributed by atoms with van der Waals surface area (Å²) in [6, 6.07) is -5.60. The summed E-state index contributed by atoms with van der Waals surface area (Å²) >= 11 is 3.94. The number of hydrogen-bond acceptors (Lipinski definition) is 9. The van der Waals surface area contributed by atoms with E-state index in [4.69, 9.17) is 21.7 Å². The normalized spacial score (nSPS) is 15.4. The van der Waals surface area contributed by atoms with Crippen LogP contribution in [0.5, 0.6) is 0 Å². The van der Waals surface area contributed by atoms with Crippen molar-refractivity contribution in [3.8, 4) is 0 Å². The molecule has 0 spiro atoms. The molecule has 4 amide bonds. The van der Waals surface area contributed by atoms with Crippen molar-refractivity contribution in [2.24, 2.45) is 11.5 Å². The second kappa shape index (κ2) is 14.2. The number of rotatable bonds is 15. The highest BCUT2D eigenvalue weighted by molar-refractivity contribution is 7.80. The predicted molar refractivity (Wildman–Crippen MR) is 112 cm³/mol. The lowest BCUT2D eigenvalue weighted by molar-refractivity contribution is -0.142. The zero-order chi connectivity index (χ0) is 25.0. The van der Waals surface area contributed by atoms with Crippen molar-refractivity contribution >= 4 is 48.2 Å². The predicted octanol–water partition coefficient (Wildman–Crippen LogP) is -3.71. The van der Waals surface area contributed by atoms with Crippen LogP contribution < -0.4 is 27.4 Å². The largest absolute Gasteiger partial charge is 0.481 e. The Bertz CT molecular complexity index is 719. The lowest BCUT2D eigenvalue weighted by Gasteiger charge is -2.25. The Labute approximate surface area is 188 Å². The SMILES string of the molecule is CC(O)C(NC(=O)C(N)CCC(=O)O)C(=O)NC(CS)C(=O)NC(CCC(N)=O)C(=O)O. The highest BCUT2D eigenvalue weighted by atomic mass is 32.1. The summed E-state index contributed by atoms with van der Waals surface area (Å²) in [5.41, 5.74) is 10.5. The molecule has 32 heavy (non-hydrogen) atoms. The summed E-state index contributed by atoms with van der Waals surface area (Å²) in [6.45, 7) is 1.19. The molecule has 10 N–H and O–H groups in total. The first kappa shape index (κ1) is 29.1. The van der Waals surface area contributed by atoms with Gasteiger partial charge in [-0.2, -0.15) is 12.6 Å². The van der Waals surface area contributed by atoms with Gasteiger partial charge in [-0.05, 0) is 19.8 Å². The molecule has 0 aliphatic rings. The van der Waals surface area contributed by atoms with Crippen molar-refractivity contribution in [3.05, 3.63) is 0 Å². The Morgan fingerprint density at radius 1 is 0.875 bits per heavy atom. The van der Waals surface area contributed by atoms with Crippen LogP contribution in [-0.2, 0) is 28.8 Å². The smallest absolute Gasteiger partial charge is 0.326 e. The third kappa shape index (κ3) is 10.9. The Balaban J connectivity index is 5.14. The van der Waals surface area contributed by atoms with E-state index in [1.807, 2.05) is 0 Å². The van der Waals surface area contributed by atoms with Crippen LogP contribution in [0.4, 0.5) is 0 Å². The Morgan fingerprint density at radius 2 is 1.44 bits per heavy atom. The molecular formula is C17H29N5O9S. The number of nitrogens with two attached hydrogens (primary N) is 2. The molecule has 0 fully saturated rings. The zero-order valence-electron chi connectivity index (χ0n) is 17.3. The summed E-state index contributed by atoms with van der Waals surface area (Å²) < 4.78 is 0. The molecule has 15 heteroatoms. The van der Waals surface area contributed by atoms with E-state index in [9.17, 15) is 33.9 Å². The second-order valence-corrected chi connectivity index (χ2v) is 7.28. The Kier molecular flexibility index (Phi) is 12.9. The molecule has 0 heterocycles. The van der Waals surface area contributed by atoms with Crippen LogP contribution in [0.15, 0.2) is 0 Å². The van der Waals surface area contributed by atoms with Gasteiger partial charge >= 0.3 is 11.9 Å². The van der Waals surface area contributed by atoms with Gasteiger partial charge in [0.2, 0.25) is 23.6 Å². The van der Waals surface area contributed by atoms with Gasteiger partial charge in [-0.3, -0.25) is 24.0 Å². The number of hydrogen-bond donors (Lipinski definition) is 9. The first-order valence-corrected chi connectivity index (χ1v) is 10.1. The topological polar surface area (TPSA) is 251 Å². The maximum absolute atomic E-state index is 12.5. The van der Waals surface area contributed by atoms with Gasteiger partial charge in [-0.1, -0.05) is 0 Å². The molecular weight excluding hydrogens is 450 g/mol. The molecule has 0 aromatic rings. The van der Waals surface area contributed by atoms with E-state index in [0.29, 0.717) is 0 Å². The minimum Gasteiger partial charge on any atom is -0.481 e. The van der Waals surface area contributed by atoms with Gasteiger partial charge in [-0.25, -0.2) is 4.79 Å². The number of carboxylic acids is 2. The maximum Gasteiger partial charge on any atom is 0.326 e. The summed E-state index contributed by atoms with van der Waals surface area (Å²) in [7, 11) is 0. The number of aliphatic hydroxyl groups is 1. The van der Waals surface area contributed by atoms with E-state index >= 15 is 0 Å². The van der Waals surface area contributed by atoms with E-state index in [2.05, 4.69) is 28.6 Å². The summed E-state index contributed by atoms with van der Waals surface area (Å²) in [5.74, 6) is -6.43. The fourth-order valence-electron chi connectivity index (χ4n) is 2.35. The standard InChI is InChI=1S/C17H29N5O9S/c1-7(23)13(22-14(27)8(18)2-5-12(25)26)16(29)21-10(6-32)15(28)20-9(17(30)31)3-4-11(19)24/h7-10,13,23,32H,2-6,18H2,1H3,(H2,19,24)(H,20,28)(H,21,29)(H,22,27)(H,25,26)(H,30,31). The van der Waals surface area contributed by atoms with Crippen LogP contribution >= 0.6 is 12.6 Å². The van der Waals surface area contributed by atoms with Crippen molar-refractivity contribution in [1.82, 2.24) is 16.0 Å². The third-order valence-electron chi connectivity index (χ3n) is 4.18. The number of aliphatic hydroxyl groups excluding tert-OH is 1. The van der Waals surface area contributed by atoms with Crippen LogP contribution in [-0.4, -0.2) is 86.9 Å². The molecule has 0 rings (SSSR count). The van der Waals surface area contributed by atoms with E-state index in [-0.39, 0.29) is 31.4 Å². The zero-order valence-corrected chi connectivity index (χ0v) is 18.2. The van der Waals surface area contributed by atoms with Crippen molar-refractivity contribution in [2.45, 2.75) is 62.9 Å². The molecule has 0 aromatic carbocycles. The van der Waals surface area contributed by atoms with E-state index < -0.39 is 65.8 Å². The average Bonchev–Trinajstić information content (AvgIpc) is 2.69. The number of carboxylic acid groups (broad SMARTS) is 2. The minimum atomic E-state index is -1.54. The molecule has 14 nitrogen and oxygen atoms in total. The van der Waals surface area contributed by atoms with Gasteiger partial charge in [0, 0.05) is 18.6 Å². The molecule has 0 aromatic heterocycles. The molecule has 182 valence electrons.